The molecule has 3 N–H and O–H groups in total. The van der Waals surface area contributed by atoms with Crippen molar-refractivity contribution in [3.63, 3.8) is 0 Å². The third kappa shape index (κ3) is 7.64. The molecule has 0 atom stereocenters. The fourth-order valence-corrected chi connectivity index (χ4v) is 4.76. The number of benzene rings is 2. The molecule has 6 rings (SSSR count). The Morgan fingerprint density at radius 3 is 1.58 bits per heavy atom. The highest BCUT2D eigenvalue weighted by Crippen LogP contribution is 2.33. The van der Waals surface area contributed by atoms with Gasteiger partial charge in [-0.25, -0.2) is 18.7 Å². The van der Waals surface area contributed by atoms with Gasteiger partial charge in [-0.3, -0.25) is 14.8 Å². The smallest absolute Gasteiger partial charge is 0.222 e. The molecule has 0 aliphatic carbocycles. The molecule has 1 amide bonds. The van der Waals surface area contributed by atoms with Crippen molar-refractivity contribution in [3.05, 3.63) is 131 Å². The molecular formula is C34H24Cl2F2N6O. The van der Waals surface area contributed by atoms with E-state index in [0.29, 0.717) is 28.6 Å². The van der Waals surface area contributed by atoms with Gasteiger partial charge in [0.25, 0.3) is 0 Å². The first-order valence-electron chi connectivity index (χ1n) is 13.5. The van der Waals surface area contributed by atoms with Crippen LogP contribution in [-0.4, -0.2) is 25.8 Å². The van der Waals surface area contributed by atoms with E-state index in [2.05, 4.69) is 25.3 Å². The summed E-state index contributed by atoms with van der Waals surface area (Å²) in [6.45, 7) is 1.42. The van der Waals surface area contributed by atoms with Gasteiger partial charge in [0.1, 0.15) is 23.3 Å². The van der Waals surface area contributed by atoms with Crippen LogP contribution in [0, 0.1) is 11.6 Å². The summed E-state index contributed by atoms with van der Waals surface area (Å²) in [5.74, 6) is -0.180. The molecule has 0 spiro atoms. The molecule has 0 radical (unpaired) electrons. The minimum Gasteiger partial charge on any atom is -0.384 e. The number of hydrogen-bond donors (Lipinski definition) is 2. The lowest BCUT2D eigenvalue weighted by Crippen LogP contribution is -2.06. The molecule has 224 valence electrons. The summed E-state index contributed by atoms with van der Waals surface area (Å²) in [7, 11) is 0. The van der Waals surface area contributed by atoms with Crippen molar-refractivity contribution in [2.45, 2.75) is 6.92 Å². The van der Waals surface area contributed by atoms with E-state index < -0.39 is 11.6 Å². The number of rotatable bonds is 5. The van der Waals surface area contributed by atoms with E-state index in [1.54, 1.807) is 61.2 Å². The van der Waals surface area contributed by atoms with Crippen LogP contribution in [0.1, 0.15) is 6.92 Å². The fourth-order valence-electron chi connectivity index (χ4n) is 4.40. The van der Waals surface area contributed by atoms with Crippen LogP contribution in [0.15, 0.2) is 110 Å². The number of aromatic nitrogens is 4. The summed E-state index contributed by atoms with van der Waals surface area (Å²) in [6.07, 6.45) is 6.67. The van der Waals surface area contributed by atoms with E-state index >= 15 is 0 Å². The zero-order chi connectivity index (χ0) is 31.9. The first kappa shape index (κ1) is 31.2. The van der Waals surface area contributed by atoms with Crippen molar-refractivity contribution in [1.29, 1.82) is 0 Å². The third-order valence-corrected chi connectivity index (χ3v) is 7.06. The second kappa shape index (κ2) is 14.0. The SMILES string of the molecule is CC(=O)Nc1ccc(-c2cccnc2-c2ccc(F)c(Cl)c2)cn1.Nc1ccc(-c2cccnc2-c2ccc(F)c(Cl)c2)cn1. The van der Waals surface area contributed by atoms with E-state index in [9.17, 15) is 13.6 Å². The summed E-state index contributed by atoms with van der Waals surface area (Å²) in [5, 5.41) is 2.73. The van der Waals surface area contributed by atoms with Gasteiger partial charge >= 0.3 is 0 Å². The summed E-state index contributed by atoms with van der Waals surface area (Å²) in [5.41, 5.74) is 11.9. The summed E-state index contributed by atoms with van der Waals surface area (Å²) in [6, 6.07) is 23.6. The molecule has 0 aliphatic heterocycles. The number of nitrogens with zero attached hydrogens (tertiary/aromatic N) is 4. The van der Waals surface area contributed by atoms with E-state index in [-0.39, 0.29) is 16.0 Å². The number of anilines is 2. The topological polar surface area (TPSA) is 107 Å². The minimum absolute atomic E-state index is 0.0447. The molecule has 0 bridgehead atoms. The van der Waals surface area contributed by atoms with E-state index in [1.165, 1.54) is 19.1 Å². The van der Waals surface area contributed by atoms with Gasteiger partial charge in [0, 0.05) is 65.1 Å². The van der Waals surface area contributed by atoms with Crippen LogP contribution < -0.4 is 11.1 Å². The van der Waals surface area contributed by atoms with Crippen LogP contribution >= 0.6 is 23.2 Å². The van der Waals surface area contributed by atoms with Gasteiger partial charge < -0.3 is 11.1 Å². The van der Waals surface area contributed by atoms with Gasteiger partial charge in [-0.2, -0.15) is 0 Å². The quantitative estimate of drug-likeness (QED) is 0.195. The Morgan fingerprint density at radius 1 is 0.667 bits per heavy atom. The predicted molar refractivity (Wildman–Crippen MR) is 174 cm³/mol. The van der Waals surface area contributed by atoms with E-state index in [0.717, 1.165) is 27.8 Å². The van der Waals surface area contributed by atoms with Crippen LogP contribution in [-0.2, 0) is 4.79 Å². The van der Waals surface area contributed by atoms with Gasteiger partial charge in [-0.1, -0.05) is 35.3 Å². The van der Waals surface area contributed by atoms with Crippen LogP contribution in [0.3, 0.4) is 0 Å². The Morgan fingerprint density at radius 2 is 1.16 bits per heavy atom. The monoisotopic (exact) mass is 640 g/mol. The largest absolute Gasteiger partial charge is 0.384 e. The molecule has 0 saturated carbocycles. The minimum atomic E-state index is -0.473. The molecule has 4 aromatic heterocycles. The molecule has 4 heterocycles. The van der Waals surface area contributed by atoms with Gasteiger partial charge in [0.15, 0.2) is 0 Å². The number of carbonyl (C=O) groups is 1. The second-order valence-electron chi connectivity index (χ2n) is 9.64. The average Bonchev–Trinajstić information content (AvgIpc) is 3.04. The zero-order valence-corrected chi connectivity index (χ0v) is 25.2. The highest BCUT2D eigenvalue weighted by Gasteiger charge is 2.12. The summed E-state index contributed by atoms with van der Waals surface area (Å²) < 4.78 is 26.7. The standard InChI is InChI=1S/C18H13ClFN3O.C16H11ClFN3/c1-11(24)23-17-7-5-13(10-22-17)14-3-2-8-21-18(14)12-4-6-16(20)15(19)9-12;17-13-8-10(3-5-14(13)18)16-12(2-1-7-20-16)11-4-6-15(19)21-9-11/h2-10H,1H3,(H,22,23,24);1-9H,(H2,19,21). The highest BCUT2D eigenvalue weighted by molar-refractivity contribution is 6.31. The number of pyridine rings is 4. The van der Waals surface area contributed by atoms with Crippen molar-refractivity contribution in [2.75, 3.05) is 11.1 Å². The first-order valence-corrected chi connectivity index (χ1v) is 14.2. The Hall–Kier alpha value is -5.25. The number of nitrogens with one attached hydrogen (secondary N) is 1. The van der Waals surface area contributed by atoms with Crippen molar-refractivity contribution < 1.29 is 13.6 Å². The van der Waals surface area contributed by atoms with Crippen LogP contribution in [0.4, 0.5) is 20.4 Å². The Bertz CT molecular complexity index is 1970. The van der Waals surface area contributed by atoms with Gasteiger partial charge in [-0.05, 0) is 72.8 Å². The lowest BCUT2D eigenvalue weighted by Gasteiger charge is -2.10. The number of nitrogens with two attached hydrogens (primary N) is 1. The van der Waals surface area contributed by atoms with Gasteiger partial charge in [0.2, 0.25) is 5.91 Å². The molecule has 0 fully saturated rings. The van der Waals surface area contributed by atoms with E-state index in [4.69, 9.17) is 28.9 Å². The normalized spacial score (nSPS) is 10.5. The zero-order valence-electron chi connectivity index (χ0n) is 23.7. The maximum atomic E-state index is 13.4. The first-order chi connectivity index (χ1) is 21.7. The lowest BCUT2D eigenvalue weighted by molar-refractivity contribution is -0.114. The van der Waals surface area contributed by atoms with Crippen molar-refractivity contribution >= 4 is 40.7 Å². The Kier molecular flexibility index (Phi) is 9.72. The Balaban J connectivity index is 0.000000179. The number of amides is 1. The van der Waals surface area contributed by atoms with Crippen LogP contribution in [0.2, 0.25) is 10.0 Å². The predicted octanol–water partition coefficient (Wildman–Crippen LogP) is 8.75. The lowest BCUT2D eigenvalue weighted by atomic mass is 10.0. The number of nitrogen functional groups attached to an aromatic ring is 1. The van der Waals surface area contributed by atoms with Crippen molar-refractivity contribution in [3.8, 4) is 44.8 Å². The van der Waals surface area contributed by atoms with Crippen molar-refractivity contribution in [2.24, 2.45) is 0 Å². The van der Waals surface area contributed by atoms with Crippen LogP contribution in [0.5, 0.6) is 0 Å². The highest BCUT2D eigenvalue weighted by atomic mass is 35.5. The van der Waals surface area contributed by atoms with Gasteiger partial charge in [-0.15, -0.1) is 0 Å². The molecule has 0 aliphatic rings. The maximum Gasteiger partial charge on any atom is 0.222 e. The number of hydrogen-bond acceptors (Lipinski definition) is 6. The summed E-state index contributed by atoms with van der Waals surface area (Å²) >= 11 is 11.7. The van der Waals surface area contributed by atoms with E-state index in [1.807, 2.05) is 36.4 Å². The molecule has 11 heteroatoms. The fraction of sp³-hybridized carbons (Fsp3) is 0.0294. The summed E-state index contributed by atoms with van der Waals surface area (Å²) in [4.78, 5) is 28.1. The molecule has 0 saturated heterocycles. The molecular weight excluding hydrogens is 617 g/mol. The van der Waals surface area contributed by atoms with Crippen molar-refractivity contribution in [1.82, 2.24) is 19.9 Å². The second-order valence-corrected chi connectivity index (χ2v) is 10.5. The van der Waals surface area contributed by atoms with Gasteiger partial charge in [0.05, 0.1) is 21.4 Å². The third-order valence-electron chi connectivity index (χ3n) is 6.48. The number of carbonyl (C=O) groups excluding carboxylic acids is 1. The molecule has 7 nitrogen and oxygen atoms in total. The average molecular weight is 642 g/mol. The molecule has 45 heavy (non-hydrogen) atoms. The van der Waals surface area contributed by atoms with Crippen LogP contribution in [0.25, 0.3) is 44.8 Å². The number of halogens is 4. The molecule has 6 aromatic rings. The molecule has 2 aromatic carbocycles. The Labute approximate surface area is 267 Å². The molecule has 0 unspecified atom stereocenters. The maximum absolute atomic E-state index is 13.4.